The number of rotatable bonds is 3. The second-order valence-electron chi connectivity index (χ2n) is 4.71. The number of allylic oxidation sites excluding steroid dienone is 2. The molecule has 0 aromatic rings. The molecule has 0 saturated heterocycles. The molecule has 0 heterocycles. The molecule has 1 fully saturated rings. The van der Waals surface area contributed by atoms with Crippen molar-refractivity contribution < 1.29 is 14.6 Å². The summed E-state index contributed by atoms with van der Waals surface area (Å²) < 4.78 is 5.34. The Labute approximate surface area is 101 Å². The second-order valence-corrected chi connectivity index (χ2v) is 4.71. The van der Waals surface area contributed by atoms with Gasteiger partial charge in [-0.05, 0) is 31.8 Å². The first-order chi connectivity index (χ1) is 8.12. The number of aliphatic hydroxyl groups is 1. The maximum atomic E-state index is 11.9. The Morgan fingerprint density at radius 2 is 2.06 bits per heavy atom. The Balaban J connectivity index is 1.96. The molecular formula is C14H18O3. The molecule has 0 spiro atoms. The highest BCUT2D eigenvalue weighted by Gasteiger charge is 2.34. The van der Waals surface area contributed by atoms with Gasteiger partial charge in [0.25, 0.3) is 0 Å². The fourth-order valence-corrected chi connectivity index (χ4v) is 2.24. The predicted molar refractivity (Wildman–Crippen MR) is 65.3 cm³/mol. The van der Waals surface area contributed by atoms with Crippen LogP contribution in [0.5, 0.6) is 0 Å². The molecule has 17 heavy (non-hydrogen) atoms. The van der Waals surface area contributed by atoms with Crippen molar-refractivity contribution >= 4 is 5.97 Å². The maximum Gasteiger partial charge on any atom is 0.336 e. The monoisotopic (exact) mass is 234 g/mol. The summed E-state index contributed by atoms with van der Waals surface area (Å²) in [7, 11) is 0. The summed E-state index contributed by atoms with van der Waals surface area (Å²) in [6.07, 6.45) is 11.4. The van der Waals surface area contributed by atoms with E-state index in [-0.39, 0.29) is 11.7 Å². The molecule has 1 N–H and O–H groups in total. The van der Waals surface area contributed by atoms with Crippen LogP contribution in [0.15, 0.2) is 36.5 Å². The van der Waals surface area contributed by atoms with Crippen molar-refractivity contribution in [3.05, 3.63) is 36.5 Å². The molecule has 3 heteroatoms. The van der Waals surface area contributed by atoms with Crippen LogP contribution in [0.25, 0.3) is 0 Å². The van der Waals surface area contributed by atoms with Crippen molar-refractivity contribution in [2.24, 2.45) is 0 Å². The van der Waals surface area contributed by atoms with Crippen LogP contribution in [-0.4, -0.2) is 22.8 Å². The maximum absolute atomic E-state index is 11.9. The summed E-state index contributed by atoms with van der Waals surface area (Å²) in [5.74, 6) is -0.473. The van der Waals surface area contributed by atoms with E-state index in [1.54, 1.807) is 12.2 Å². The Hall–Kier alpha value is -1.35. The zero-order valence-electron chi connectivity index (χ0n) is 9.89. The molecular weight excluding hydrogens is 216 g/mol. The second kappa shape index (κ2) is 4.88. The van der Waals surface area contributed by atoms with Crippen LogP contribution in [0, 0.1) is 0 Å². The lowest BCUT2D eigenvalue weighted by Gasteiger charge is -2.26. The number of hydrogen-bond donors (Lipinski definition) is 1. The Morgan fingerprint density at radius 1 is 1.35 bits per heavy atom. The van der Waals surface area contributed by atoms with Gasteiger partial charge in [-0.15, -0.1) is 0 Å². The summed E-state index contributed by atoms with van der Waals surface area (Å²) in [5, 5.41) is 10.2. The molecule has 1 saturated carbocycles. The first-order valence-electron chi connectivity index (χ1n) is 6.09. The quantitative estimate of drug-likeness (QED) is 0.602. The molecule has 3 nitrogen and oxygen atoms in total. The van der Waals surface area contributed by atoms with Crippen molar-refractivity contribution in [2.75, 3.05) is 0 Å². The molecule has 0 aliphatic heterocycles. The van der Waals surface area contributed by atoms with Crippen molar-refractivity contribution in [1.29, 1.82) is 0 Å². The van der Waals surface area contributed by atoms with E-state index in [9.17, 15) is 9.90 Å². The van der Waals surface area contributed by atoms with Gasteiger partial charge in [0.2, 0.25) is 0 Å². The third kappa shape index (κ3) is 2.67. The third-order valence-electron chi connectivity index (χ3n) is 3.39. The minimum absolute atomic E-state index is 0.00552. The molecule has 0 aromatic carbocycles. The SMILES string of the molecule is C=C(C(=O)OC1CCCC1)C1(O)C=CC=CC1. The first kappa shape index (κ1) is 12.1. The van der Waals surface area contributed by atoms with Crippen molar-refractivity contribution in [3.63, 3.8) is 0 Å². The Morgan fingerprint density at radius 3 is 2.65 bits per heavy atom. The Bertz CT molecular complexity index is 375. The molecule has 0 bridgehead atoms. The zero-order valence-corrected chi connectivity index (χ0v) is 9.89. The van der Waals surface area contributed by atoms with Crippen LogP contribution in [0.2, 0.25) is 0 Å². The third-order valence-corrected chi connectivity index (χ3v) is 3.39. The largest absolute Gasteiger partial charge is 0.459 e. The van der Waals surface area contributed by atoms with E-state index in [2.05, 4.69) is 6.58 Å². The first-order valence-corrected chi connectivity index (χ1v) is 6.09. The Kier molecular flexibility index (Phi) is 3.48. The predicted octanol–water partition coefficient (Wildman–Crippen LogP) is 2.28. The number of ether oxygens (including phenoxy) is 1. The van der Waals surface area contributed by atoms with Gasteiger partial charge in [-0.1, -0.05) is 24.8 Å². The molecule has 92 valence electrons. The van der Waals surface area contributed by atoms with Crippen LogP contribution < -0.4 is 0 Å². The van der Waals surface area contributed by atoms with Gasteiger partial charge in [-0.25, -0.2) is 4.79 Å². The summed E-state index contributed by atoms with van der Waals surface area (Å²) in [5.41, 5.74) is -1.14. The smallest absolute Gasteiger partial charge is 0.336 e. The van der Waals surface area contributed by atoms with E-state index in [0.29, 0.717) is 6.42 Å². The standard InChI is InChI=1S/C14H18O3/c1-11(14(16)9-5-2-6-10-14)13(15)17-12-7-3-4-8-12/h2,5-6,9,12,16H,1,3-4,7-8,10H2. The average molecular weight is 234 g/mol. The van der Waals surface area contributed by atoms with Gasteiger partial charge in [0, 0.05) is 6.42 Å². The topological polar surface area (TPSA) is 46.5 Å². The summed E-state index contributed by atoms with van der Waals surface area (Å²) in [6, 6.07) is 0. The lowest BCUT2D eigenvalue weighted by Crippen LogP contribution is -2.34. The molecule has 0 aromatic heterocycles. The van der Waals surface area contributed by atoms with E-state index in [4.69, 9.17) is 4.74 Å². The van der Waals surface area contributed by atoms with Crippen molar-refractivity contribution in [1.82, 2.24) is 0 Å². The van der Waals surface area contributed by atoms with Gasteiger partial charge in [0.05, 0.1) is 5.57 Å². The molecule has 1 unspecified atom stereocenters. The van der Waals surface area contributed by atoms with E-state index in [1.807, 2.05) is 12.2 Å². The molecule has 2 rings (SSSR count). The summed E-state index contributed by atoms with van der Waals surface area (Å²) >= 11 is 0. The van der Waals surface area contributed by atoms with E-state index >= 15 is 0 Å². The normalized spacial score (nSPS) is 28.3. The highest BCUT2D eigenvalue weighted by molar-refractivity contribution is 5.90. The van der Waals surface area contributed by atoms with E-state index in [0.717, 1.165) is 25.7 Å². The van der Waals surface area contributed by atoms with Crippen LogP contribution in [0.1, 0.15) is 32.1 Å². The molecule has 1 atom stereocenters. The highest BCUT2D eigenvalue weighted by Crippen LogP contribution is 2.28. The van der Waals surface area contributed by atoms with Crippen LogP contribution in [0.4, 0.5) is 0 Å². The molecule has 2 aliphatic carbocycles. The summed E-state index contributed by atoms with van der Waals surface area (Å²) in [6.45, 7) is 3.68. The van der Waals surface area contributed by atoms with Crippen LogP contribution in [0.3, 0.4) is 0 Å². The minimum Gasteiger partial charge on any atom is -0.459 e. The van der Waals surface area contributed by atoms with Crippen molar-refractivity contribution in [3.8, 4) is 0 Å². The number of esters is 1. The minimum atomic E-state index is -1.27. The van der Waals surface area contributed by atoms with Crippen LogP contribution >= 0.6 is 0 Å². The van der Waals surface area contributed by atoms with Gasteiger partial charge in [0.15, 0.2) is 0 Å². The zero-order chi connectivity index (χ0) is 12.3. The lowest BCUT2D eigenvalue weighted by molar-refractivity contribution is -0.145. The fourth-order valence-electron chi connectivity index (χ4n) is 2.24. The van der Waals surface area contributed by atoms with Crippen molar-refractivity contribution in [2.45, 2.75) is 43.8 Å². The van der Waals surface area contributed by atoms with Gasteiger partial charge in [-0.2, -0.15) is 0 Å². The van der Waals surface area contributed by atoms with Gasteiger partial charge in [-0.3, -0.25) is 0 Å². The lowest BCUT2D eigenvalue weighted by atomic mass is 9.88. The number of carbonyl (C=O) groups excluding carboxylic acids is 1. The van der Waals surface area contributed by atoms with Gasteiger partial charge >= 0.3 is 5.97 Å². The molecule has 0 radical (unpaired) electrons. The van der Waals surface area contributed by atoms with Gasteiger partial charge < -0.3 is 9.84 Å². The van der Waals surface area contributed by atoms with E-state index < -0.39 is 11.6 Å². The summed E-state index contributed by atoms with van der Waals surface area (Å²) in [4.78, 5) is 11.9. The number of hydrogen-bond acceptors (Lipinski definition) is 3. The van der Waals surface area contributed by atoms with Crippen LogP contribution in [-0.2, 0) is 9.53 Å². The van der Waals surface area contributed by atoms with E-state index in [1.165, 1.54) is 0 Å². The average Bonchev–Trinajstić information content (AvgIpc) is 2.81. The van der Waals surface area contributed by atoms with Gasteiger partial charge in [0.1, 0.15) is 11.7 Å². The molecule has 0 amide bonds. The highest BCUT2D eigenvalue weighted by atomic mass is 16.5. The number of carbonyl (C=O) groups is 1. The molecule has 2 aliphatic rings. The fraction of sp³-hybridized carbons (Fsp3) is 0.500.